The molecule has 96 valence electrons. The van der Waals surface area contributed by atoms with Gasteiger partial charge in [-0.3, -0.25) is 14.9 Å². The van der Waals surface area contributed by atoms with Crippen molar-refractivity contribution in [3.05, 3.63) is 28.3 Å². The van der Waals surface area contributed by atoms with E-state index < -0.39 is 11.0 Å². The number of carbonyl (C=O) groups is 1. The van der Waals surface area contributed by atoms with Crippen molar-refractivity contribution in [2.24, 2.45) is 0 Å². The number of ether oxygens (including phenoxy) is 1. The van der Waals surface area contributed by atoms with Crippen LogP contribution in [0.25, 0.3) is 0 Å². The summed E-state index contributed by atoms with van der Waals surface area (Å²) in [6.45, 7) is 0.121. The topological polar surface area (TPSA) is 92.9 Å². The quantitative estimate of drug-likeness (QED) is 0.631. The minimum Gasteiger partial charge on any atom is -0.495 e. The Morgan fingerprint density at radius 2 is 2.28 bits per heavy atom. The molecule has 1 heterocycles. The van der Waals surface area contributed by atoms with E-state index >= 15 is 0 Å². The number of methoxy groups -OCH3 is 1. The highest BCUT2D eigenvalue weighted by Gasteiger charge is 2.31. The maximum Gasteiger partial charge on any atom is 0.271 e. The first-order valence-corrected chi connectivity index (χ1v) is 5.33. The molecule has 1 fully saturated rings. The van der Waals surface area contributed by atoms with E-state index in [1.54, 1.807) is 0 Å². The zero-order valence-electron chi connectivity index (χ0n) is 9.70. The van der Waals surface area contributed by atoms with Crippen molar-refractivity contribution in [1.82, 2.24) is 0 Å². The number of anilines is 1. The third-order valence-corrected chi connectivity index (χ3v) is 2.77. The Balaban J connectivity index is 2.44. The van der Waals surface area contributed by atoms with Crippen LogP contribution in [0.3, 0.4) is 0 Å². The molecule has 0 saturated carbocycles. The number of aliphatic hydroxyl groups excluding tert-OH is 1. The Bertz CT molecular complexity index is 502. The number of β-amino-alcohol motifs (C(OH)–C–C–N with tert-alkyl or cyclic N) is 1. The van der Waals surface area contributed by atoms with Crippen molar-refractivity contribution < 1.29 is 19.6 Å². The number of nitro benzene ring substituents is 1. The molecule has 1 saturated heterocycles. The van der Waals surface area contributed by atoms with Crippen LogP contribution >= 0.6 is 0 Å². The molecule has 0 spiro atoms. The SMILES string of the molecule is COc1ccc([N+](=O)[O-])cc1N1CC(O)CC1=O. The molecule has 1 atom stereocenters. The van der Waals surface area contributed by atoms with Crippen LogP contribution in [0.2, 0.25) is 0 Å². The number of nitro groups is 1. The molecule has 18 heavy (non-hydrogen) atoms. The Kier molecular flexibility index (Phi) is 3.15. The van der Waals surface area contributed by atoms with Crippen LogP contribution in [-0.4, -0.2) is 35.7 Å². The lowest BCUT2D eigenvalue weighted by atomic mass is 10.2. The highest BCUT2D eigenvalue weighted by Crippen LogP contribution is 2.34. The van der Waals surface area contributed by atoms with Crippen LogP contribution in [0.5, 0.6) is 5.75 Å². The van der Waals surface area contributed by atoms with Crippen LogP contribution in [0.1, 0.15) is 6.42 Å². The Hall–Kier alpha value is -2.15. The molecular weight excluding hydrogens is 240 g/mol. The van der Waals surface area contributed by atoms with Gasteiger partial charge in [0, 0.05) is 12.1 Å². The summed E-state index contributed by atoms with van der Waals surface area (Å²) in [7, 11) is 1.42. The third-order valence-electron chi connectivity index (χ3n) is 2.77. The van der Waals surface area contributed by atoms with E-state index in [2.05, 4.69) is 0 Å². The van der Waals surface area contributed by atoms with Gasteiger partial charge in [0.1, 0.15) is 5.75 Å². The van der Waals surface area contributed by atoms with Crippen LogP contribution in [0, 0.1) is 10.1 Å². The maximum atomic E-state index is 11.7. The summed E-state index contributed by atoms with van der Waals surface area (Å²) in [5.74, 6) is 0.0874. The minimum absolute atomic E-state index is 0.0197. The molecule has 1 aliphatic heterocycles. The van der Waals surface area contributed by atoms with Gasteiger partial charge < -0.3 is 14.7 Å². The zero-order chi connectivity index (χ0) is 13.3. The molecule has 1 unspecified atom stereocenters. The minimum atomic E-state index is -0.749. The molecule has 1 aromatic carbocycles. The molecule has 7 heteroatoms. The monoisotopic (exact) mass is 252 g/mol. The average molecular weight is 252 g/mol. The molecular formula is C11H12N2O5. The van der Waals surface area contributed by atoms with Gasteiger partial charge in [0.2, 0.25) is 5.91 Å². The lowest BCUT2D eigenvalue weighted by molar-refractivity contribution is -0.384. The van der Waals surface area contributed by atoms with Crippen molar-refractivity contribution >= 4 is 17.3 Å². The van der Waals surface area contributed by atoms with Gasteiger partial charge in [0.15, 0.2) is 0 Å². The molecule has 7 nitrogen and oxygen atoms in total. The number of benzene rings is 1. The van der Waals surface area contributed by atoms with E-state index in [1.807, 2.05) is 0 Å². The first-order chi connectivity index (χ1) is 8.52. The number of nitrogens with zero attached hydrogens (tertiary/aromatic N) is 2. The fraction of sp³-hybridized carbons (Fsp3) is 0.364. The van der Waals surface area contributed by atoms with Crippen LogP contribution in [0.15, 0.2) is 18.2 Å². The molecule has 0 radical (unpaired) electrons. The molecule has 1 aromatic rings. The second kappa shape index (κ2) is 4.61. The maximum absolute atomic E-state index is 11.7. The number of rotatable bonds is 3. The van der Waals surface area contributed by atoms with Gasteiger partial charge in [-0.05, 0) is 6.07 Å². The number of hydrogen-bond acceptors (Lipinski definition) is 5. The predicted molar refractivity (Wildman–Crippen MR) is 62.6 cm³/mol. The predicted octanol–water partition coefficient (Wildman–Crippen LogP) is 0.701. The number of amides is 1. The normalized spacial score (nSPS) is 19.1. The summed E-state index contributed by atoms with van der Waals surface area (Å²) in [5, 5.41) is 20.2. The fourth-order valence-corrected chi connectivity index (χ4v) is 1.92. The van der Waals surface area contributed by atoms with Crippen molar-refractivity contribution in [3.8, 4) is 5.75 Å². The molecule has 1 amide bonds. The molecule has 0 bridgehead atoms. The largest absolute Gasteiger partial charge is 0.495 e. The van der Waals surface area contributed by atoms with E-state index in [4.69, 9.17) is 4.74 Å². The van der Waals surface area contributed by atoms with Gasteiger partial charge in [0.05, 0.1) is 36.8 Å². The lowest BCUT2D eigenvalue weighted by Gasteiger charge is -2.18. The lowest BCUT2D eigenvalue weighted by Crippen LogP contribution is -2.25. The first-order valence-electron chi connectivity index (χ1n) is 5.33. The second-order valence-corrected chi connectivity index (χ2v) is 3.98. The summed E-state index contributed by atoms with van der Waals surface area (Å²) in [6.07, 6.45) is -0.729. The highest BCUT2D eigenvalue weighted by molar-refractivity contribution is 5.97. The molecule has 1 aliphatic rings. The van der Waals surface area contributed by atoms with Gasteiger partial charge in [-0.15, -0.1) is 0 Å². The van der Waals surface area contributed by atoms with Crippen molar-refractivity contribution in [2.45, 2.75) is 12.5 Å². The smallest absolute Gasteiger partial charge is 0.271 e. The van der Waals surface area contributed by atoms with Crippen molar-refractivity contribution in [2.75, 3.05) is 18.6 Å². The van der Waals surface area contributed by atoms with E-state index in [-0.39, 0.29) is 24.6 Å². The molecule has 1 N–H and O–H groups in total. The number of carbonyl (C=O) groups excluding carboxylic acids is 1. The summed E-state index contributed by atoms with van der Waals surface area (Å²) >= 11 is 0. The van der Waals surface area contributed by atoms with Gasteiger partial charge >= 0.3 is 0 Å². The Morgan fingerprint density at radius 1 is 1.56 bits per heavy atom. The Labute approximate surface area is 103 Å². The summed E-state index contributed by atoms with van der Waals surface area (Å²) in [6, 6.07) is 4.01. The summed E-state index contributed by atoms with van der Waals surface area (Å²) in [4.78, 5) is 23.2. The van der Waals surface area contributed by atoms with E-state index in [0.717, 1.165) is 0 Å². The number of aliphatic hydroxyl groups is 1. The Morgan fingerprint density at radius 3 is 2.78 bits per heavy atom. The molecule has 2 rings (SSSR count). The van der Waals surface area contributed by atoms with Crippen LogP contribution in [0.4, 0.5) is 11.4 Å². The van der Waals surface area contributed by atoms with E-state index in [1.165, 1.54) is 30.2 Å². The van der Waals surface area contributed by atoms with Crippen LogP contribution < -0.4 is 9.64 Å². The van der Waals surface area contributed by atoms with Crippen molar-refractivity contribution in [1.29, 1.82) is 0 Å². The van der Waals surface area contributed by atoms with Gasteiger partial charge in [-0.2, -0.15) is 0 Å². The summed E-state index contributed by atoms with van der Waals surface area (Å²) in [5.41, 5.74) is 0.188. The fourth-order valence-electron chi connectivity index (χ4n) is 1.92. The first kappa shape index (κ1) is 12.3. The average Bonchev–Trinajstić information content (AvgIpc) is 2.67. The standard InChI is InChI=1S/C11H12N2O5/c1-18-10-3-2-7(13(16)17)4-9(10)12-6-8(14)5-11(12)15/h2-4,8,14H,5-6H2,1H3. The van der Waals surface area contributed by atoms with Crippen LogP contribution in [-0.2, 0) is 4.79 Å². The highest BCUT2D eigenvalue weighted by atomic mass is 16.6. The molecule has 0 aliphatic carbocycles. The number of hydrogen-bond donors (Lipinski definition) is 1. The second-order valence-electron chi connectivity index (χ2n) is 3.98. The summed E-state index contributed by atoms with van der Waals surface area (Å²) < 4.78 is 5.08. The molecule has 0 aromatic heterocycles. The van der Waals surface area contributed by atoms with Gasteiger partial charge in [0.25, 0.3) is 5.69 Å². The van der Waals surface area contributed by atoms with E-state index in [9.17, 15) is 20.0 Å². The van der Waals surface area contributed by atoms with Gasteiger partial charge in [-0.25, -0.2) is 0 Å². The van der Waals surface area contributed by atoms with Crippen molar-refractivity contribution in [3.63, 3.8) is 0 Å². The van der Waals surface area contributed by atoms with E-state index in [0.29, 0.717) is 11.4 Å². The van der Waals surface area contributed by atoms with Gasteiger partial charge in [-0.1, -0.05) is 0 Å². The third kappa shape index (κ3) is 2.12. The zero-order valence-corrected chi connectivity index (χ0v) is 9.70. The number of non-ortho nitro benzene ring substituents is 1.